The Morgan fingerprint density at radius 3 is 2.36 bits per heavy atom. The van der Waals surface area contributed by atoms with Gasteiger partial charge >= 0.3 is 0 Å². The van der Waals surface area contributed by atoms with Crippen molar-refractivity contribution in [2.24, 2.45) is 23.7 Å². The van der Waals surface area contributed by atoms with Crippen LogP contribution in [0.3, 0.4) is 0 Å². The molecule has 3 atom stereocenters. The second-order valence-electron chi connectivity index (χ2n) is 4.55. The Labute approximate surface area is 71.4 Å². The van der Waals surface area contributed by atoms with Crippen LogP contribution in [0.4, 0.5) is 0 Å². The summed E-state index contributed by atoms with van der Waals surface area (Å²) in [4.78, 5) is 0. The molecular formula is C11H21. The second kappa shape index (κ2) is 3.60. The van der Waals surface area contributed by atoms with Crippen LogP contribution in [0, 0.1) is 30.6 Å². The van der Waals surface area contributed by atoms with Gasteiger partial charge in [0.2, 0.25) is 0 Å². The summed E-state index contributed by atoms with van der Waals surface area (Å²) in [6.45, 7) is 11.2. The normalized spacial score (nSPS) is 39.5. The molecule has 0 aromatic carbocycles. The first-order valence-electron chi connectivity index (χ1n) is 4.94. The number of hydrogen-bond donors (Lipinski definition) is 0. The van der Waals surface area contributed by atoms with Crippen molar-refractivity contribution in [3.63, 3.8) is 0 Å². The third-order valence-electron chi connectivity index (χ3n) is 3.35. The van der Waals surface area contributed by atoms with E-state index in [1.807, 2.05) is 0 Å². The van der Waals surface area contributed by atoms with Crippen LogP contribution in [0.25, 0.3) is 0 Å². The molecule has 0 saturated heterocycles. The molecule has 0 unspecified atom stereocenters. The van der Waals surface area contributed by atoms with Gasteiger partial charge in [-0.3, -0.25) is 0 Å². The maximum atomic E-state index is 4.21. The molecule has 0 bridgehead atoms. The molecule has 0 amide bonds. The number of hydrogen-bond acceptors (Lipinski definition) is 0. The van der Waals surface area contributed by atoms with Gasteiger partial charge in [-0.1, -0.05) is 27.2 Å². The Morgan fingerprint density at radius 2 is 1.91 bits per heavy atom. The minimum atomic E-state index is 0.719. The zero-order valence-corrected chi connectivity index (χ0v) is 8.14. The van der Waals surface area contributed by atoms with E-state index >= 15 is 0 Å². The van der Waals surface area contributed by atoms with Crippen LogP contribution in [0.15, 0.2) is 0 Å². The highest BCUT2D eigenvalue weighted by Gasteiger charge is 2.25. The minimum absolute atomic E-state index is 0.719. The first-order chi connectivity index (χ1) is 5.11. The molecule has 0 heteroatoms. The molecule has 1 saturated carbocycles. The predicted octanol–water partition coefficient (Wildman–Crippen LogP) is 3.53. The fraction of sp³-hybridized carbons (Fsp3) is 0.909. The third-order valence-corrected chi connectivity index (χ3v) is 3.35. The first kappa shape index (κ1) is 9.09. The summed E-state index contributed by atoms with van der Waals surface area (Å²) in [6.07, 6.45) is 4.20. The quantitative estimate of drug-likeness (QED) is 0.540. The van der Waals surface area contributed by atoms with E-state index < -0.39 is 0 Å². The predicted molar refractivity (Wildman–Crippen MR) is 50.2 cm³/mol. The Balaban J connectivity index is 2.40. The van der Waals surface area contributed by atoms with Crippen LogP contribution in [0.2, 0.25) is 0 Å². The van der Waals surface area contributed by atoms with Crippen LogP contribution in [0.1, 0.15) is 40.0 Å². The smallest absolute Gasteiger partial charge is 0.0386 e. The van der Waals surface area contributed by atoms with E-state index in [-0.39, 0.29) is 0 Å². The van der Waals surface area contributed by atoms with Gasteiger partial charge in [0.15, 0.2) is 0 Å². The summed E-state index contributed by atoms with van der Waals surface area (Å²) in [5, 5.41) is 0. The van der Waals surface area contributed by atoms with Gasteiger partial charge in [0.1, 0.15) is 0 Å². The van der Waals surface area contributed by atoms with Gasteiger partial charge in [0.05, 0.1) is 0 Å². The molecule has 1 fully saturated rings. The molecule has 11 heavy (non-hydrogen) atoms. The van der Waals surface area contributed by atoms with Gasteiger partial charge in [-0.25, -0.2) is 0 Å². The summed E-state index contributed by atoms with van der Waals surface area (Å²) in [5.41, 5.74) is 0. The summed E-state index contributed by atoms with van der Waals surface area (Å²) in [6, 6.07) is 0. The second-order valence-corrected chi connectivity index (χ2v) is 4.55. The summed E-state index contributed by atoms with van der Waals surface area (Å²) in [7, 11) is 0. The van der Waals surface area contributed by atoms with E-state index in [0.29, 0.717) is 0 Å². The van der Waals surface area contributed by atoms with Crippen molar-refractivity contribution >= 4 is 0 Å². The number of rotatable bonds is 1. The average Bonchev–Trinajstić information content (AvgIpc) is 1.94. The monoisotopic (exact) mass is 153 g/mol. The van der Waals surface area contributed by atoms with Crippen molar-refractivity contribution in [2.75, 3.05) is 0 Å². The molecular weight excluding hydrogens is 132 g/mol. The summed E-state index contributed by atoms with van der Waals surface area (Å²) in [5.74, 6) is 3.40. The maximum Gasteiger partial charge on any atom is -0.0386 e. The molecule has 0 aliphatic heterocycles. The molecule has 1 radical (unpaired) electrons. The summed E-state index contributed by atoms with van der Waals surface area (Å²) < 4.78 is 0. The molecule has 0 N–H and O–H groups in total. The lowest BCUT2D eigenvalue weighted by Crippen LogP contribution is -2.23. The SMILES string of the molecule is [CH2][C@@H]1C[C@H](C(C)C)CC[C@@H]1C. The van der Waals surface area contributed by atoms with Gasteiger partial charge in [0.25, 0.3) is 0 Å². The molecule has 1 rings (SSSR count). The van der Waals surface area contributed by atoms with Crippen molar-refractivity contribution in [3.8, 4) is 0 Å². The van der Waals surface area contributed by atoms with E-state index in [1.54, 1.807) is 0 Å². The van der Waals surface area contributed by atoms with Gasteiger partial charge < -0.3 is 0 Å². The standard InChI is InChI=1S/C11H21/c1-8(2)11-6-5-9(3)10(4)7-11/h8-11H,4-7H2,1-3H3/t9-,10+,11+/m0/s1. The Hall–Kier alpha value is 0. The highest BCUT2D eigenvalue weighted by Crippen LogP contribution is 2.36. The van der Waals surface area contributed by atoms with Crippen LogP contribution >= 0.6 is 0 Å². The van der Waals surface area contributed by atoms with E-state index in [1.165, 1.54) is 19.3 Å². The minimum Gasteiger partial charge on any atom is -0.0625 e. The van der Waals surface area contributed by atoms with Crippen LogP contribution in [0.5, 0.6) is 0 Å². The summed E-state index contributed by atoms with van der Waals surface area (Å²) >= 11 is 0. The largest absolute Gasteiger partial charge is 0.0625 e. The fourth-order valence-electron chi connectivity index (χ4n) is 2.06. The van der Waals surface area contributed by atoms with E-state index in [2.05, 4.69) is 27.7 Å². The zero-order valence-electron chi connectivity index (χ0n) is 8.14. The van der Waals surface area contributed by atoms with Crippen LogP contribution < -0.4 is 0 Å². The molecule has 0 aromatic rings. The van der Waals surface area contributed by atoms with E-state index in [0.717, 1.165) is 23.7 Å². The van der Waals surface area contributed by atoms with Gasteiger partial charge in [-0.2, -0.15) is 0 Å². The zero-order chi connectivity index (χ0) is 8.43. The molecule has 0 nitrogen and oxygen atoms in total. The van der Waals surface area contributed by atoms with Crippen molar-refractivity contribution in [2.45, 2.75) is 40.0 Å². The Morgan fingerprint density at radius 1 is 1.27 bits per heavy atom. The molecule has 0 aromatic heterocycles. The van der Waals surface area contributed by atoms with Crippen molar-refractivity contribution in [1.29, 1.82) is 0 Å². The Bertz CT molecular complexity index is 115. The molecule has 1 aliphatic carbocycles. The van der Waals surface area contributed by atoms with Gasteiger partial charge in [-0.15, -0.1) is 0 Å². The maximum absolute atomic E-state index is 4.21. The molecule has 65 valence electrons. The van der Waals surface area contributed by atoms with Crippen LogP contribution in [-0.2, 0) is 0 Å². The molecule has 0 spiro atoms. The lowest BCUT2D eigenvalue weighted by Gasteiger charge is -2.34. The highest BCUT2D eigenvalue weighted by atomic mass is 14.3. The van der Waals surface area contributed by atoms with E-state index in [4.69, 9.17) is 0 Å². The van der Waals surface area contributed by atoms with Crippen molar-refractivity contribution in [3.05, 3.63) is 6.92 Å². The lowest BCUT2D eigenvalue weighted by atomic mass is 9.72. The van der Waals surface area contributed by atoms with Crippen molar-refractivity contribution in [1.82, 2.24) is 0 Å². The first-order valence-corrected chi connectivity index (χ1v) is 4.94. The van der Waals surface area contributed by atoms with Gasteiger partial charge in [-0.05, 0) is 43.4 Å². The van der Waals surface area contributed by atoms with Gasteiger partial charge in [0, 0.05) is 0 Å². The Kier molecular flexibility index (Phi) is 2.98. The average molecular weight is 153 g/mol. The highest BCUT2D eigenvalue weighted by molar-refractivity contribution is 4.80. The lowest BCUT2D eigenvalue weighted by molar-refractivity contribution is 0.187. The topological polar surface area (TPSA) is 0 Å². The van der Waals surface area contributed by atoms with E-state index in [9.17, 15) is 0 Å². The third kappa shape index (κ3) is 2.21. The molecule has 0 heterocycles. The fourth-order valence-corrected chi connectivity index (χ4v) is 2.06. The van der Waals surface area contributed by atoms with Crippen molar-refractivity contribution < 1.29 is 0 Å². The molecule has 1 aliphatic rings. The van der Waals surface area contributed by atoms with Crippen LogP contribution in [-0.4, -0.2) is 0 Å².